The SMILES string of the molecule is Cc1c([C@@H](O)CN2CCC3(CC2)NCCN(c2ccc(=O)n(C)n2)C3=O)ccc2c1COC2=O. The number of piperazine rings is 1. The molecule has 0 saturated carbocycles. The van der Waals surface area contributed by atoms with E-state index in [-0.39, 0.29) is 24.0 Å². The number of hydrogen-bond donors (Lipinski definition) is 2. The minimum absolute atomic E-state index is 0.0239. The van der Waals surface area contributed by atoms with Gasteiger partial charge in [0.2, 0.25) is 5.91 Å². The number of cyclic esters (lactones) is 1. The summed E-state index contributed by atoms with van der Waals surface area (Å²) in [5.74, 6) is 0.150. The number of ether oxygens (including phenoxy) is 1. The maximum Gasteiger partial charge on any atom is 0.338 e. The van der Waals surface area contributed by atoms with Crippen molar-refractivity contribution in [2.75, 3.05) is 37.6 Å². The van der Waals surface area contributed by atoms with Crippen LogP contribution in [0.2, 0.25) is 0 Å². The molecular weight excluding hydrogens is 438 g/mol. The number of nitrogens with zero attached hydrogens (tertiary/aromatic N) is 4. The van der Waals surface area contributed by atoms with Crippen LogP contribution in [0.5, 0.6) is 0 Å². The van der Waals surface area contributed by atoms with Crippen LogP contribution >= 0.6 is 0 Å². The molecule has 34 heavy (non-hydrogen) atoms. The third-order valence-electron chi connectivity index (χ3n) is 7.38. The average Bonchev–Trinajstić information content (AvgIpc) is 3.21. The first-order chi connectivity index (χ1) is 16.3. The van der Waals surface area contributed by atoms with E-state index in [2.05, 4.69) is 15.3 Å². The van der Waals surface area contributed by atoms with Crippen molar-refractivity contribution in [1.82, 2.24) is 20.0 Å². The van der Waals surface area contributed by atoms with Crippen molar-refractivity contribution in [3.63, 3.8) is 0 Å². The molecule has 0 aliphatic carbocycles. The van der Waals surface area contributed by atoms with Crippen molar-refractivity contribution in [3.8, 4) is 0 Å². The number of likely N-dealkylation sites (tertiary alicyclic amines) is 1. The Morgan fingerprint density at radius 2 is 1.91 bits per heavy atom. The van der Waals surface area contributed by atoms with Crippen LogP contribution in [0.1, 0.15) is 46.0 Å². The first kappa shape index (κ1) is 22.7. The normalized spacial score (nSPS) is 21.0. The minimum atomic E-state index is -0.698. The summed E-state index contributed by atoms with van der Waals surface area (Å²) in [5, 5.41) is 18.6. The van der Waals surface area contributed by atoms with Gasteiger partial charge in [-0.1, -0.05) is 6.07 Å². The molecule has 2 saturated heterocycles. The van der Waals surface area contributed by atoms with Crippen LogP contribution in [0, 0.1) is 6.92 Å². The lowest BCUT2D eigenvalue weighted by atomic mass is 9.84. The molecule has 2 aromatic rings. The zero-order valence-electron chi connectivity index (χ0n) is 19.4. The summed E-state index contributed by atoms with van der Waals surface area (Å²) >= 11 is 0. The van der Waals surface area contributed by atoms with Crippen molar-refractivity contribution in [3.05, 3.63) is 56.9 Å². The Morgan fingerprint density at radius 3 is 2.65 bits per heavy atom. The predicted molar refractivity (Wildman–Crippen MR) is 123 cm³/mol. The van der Waals surface area contributed by atoms with Gasteiger partial charge in [-0.3, -0.25) is 14.5 Å². The number of benzene rings is 1. The second-order valence-corrected chi connectivity index (χ2v) is 9.32. The Balaban J connectivity index is 1.25. The second kappa shape index (κ2) is 8.61. The number of rotatable bonds is 4. The number of nitrogens with one attached hydrogen (secondary N) is 1. The Hall–Kier alpha value is -3.08. The van der Waals surface area contributed by atoms with Gasteiger partial charge in [0.05, 0.1) is 11.7 Å². The molecule has 0 unspecified atom stereocenters. The number of anilines is 1. The van der Waals surface area contributed by atoms with Gasteiger partial charge >= 0.3 is 5.97 Å². The highest BCUT2D eigenvalue weighted by Crippen LogP contribution is 2.32. The summed E-state index contributed by atoms with van der Waals surface area (Å²) in [7, 11) is 1.58. The molecular formula is C24H29N5O5. The van der Waals surface area contributed by atoms with Gasteiger partial charge in [0.1, 0.15) is 12.1 Å². The molecule has 1 aromatic heterocycles. The summed E-state index contributed by atoms with van der Waals surface area (Å²) in [6.07, 6.45) is 0.537. The van der Waals surface area contributed by atoms with E-state index in [0.717, 1.165) is 16.7 Å². The van der Waals surface area contributed by atoms with Gasteiger partial charge in [0.15, 0.2) is 5.82 Å². The fraction of sp³-hybridized carbons (Fsp3) is 0.500. The van der Waals surface area contributed by atoms with E-state index in [1.165, 1.54) is 10.7 Å². The monoisotopic (exact) mass is 467 g/mol. The molecule has 0 radical (unpaired) electrons. The number of carbonyl (C=O) groups is 2. The van der Waals surface area contributed by atoms with E-state index in [4.69, 9.17) is 4.74 Å². The van der Waals surface area contributed by atoms with Gasteiger partial charge in [0, 0.05) is 51.4 Å². The van der Waals surface area contributed by atoms with Crippen LogP contribution in [0.25, 0.3) is 0 Å². The predicted octanol–water partition coefficient (Wildman–Crippen LogP) is 0.264. The Kier molecular flexibility index (Phi) is 5.75. The standard InChI is InChI=1S/C24H29N5O5/c1-15-16(3-4-17-18(15)14-34-22(17)32)19(30)13-28-10-7-24(8-11-28)23(33)29(12-9-25-24)20-5-6-21(31)27(2)26-20/h3-6,19,25,30H,7-14H2,1-2H3/t19-/m0/s1. The zero-order chi connectivity index (χ0) is 24.0. The highest BCUT2D eigenvalue weighted by atomic mass is 16.5. The molecule has 4 heterocycles. The summed E-state index contributed by atoms with van der Waals surface area (Å²) in [4.78, 5) is 40.8. The number of esters is 1. The van der Waals surface area contributed by atoms with Crippen molar-refractivity contribution < 1.29 is 19.4 Å². The molecule has 10 heteroatoms. The number of hydrogen-bond acceptors (Lipinski definition) is 8. The lowest BCUT2D eigenvalue weighted by Crippen LogP contribution is -2.68. The molecule has 0 bridgehead atoms. The van der Waals surface area contributed by atoms with Crippen LogP contribution in [0.3, 0.4) is 0 Å². The molecule has 3 aliphatic rings. The third-order valence-corrected chi connectivity index (χ3v) is 7.38. The topological polar surface area (TPSA) is 117 Å². The largest absolute Gasteiger partial charge is 0.457 e. The van der Waals surface area contributed by atoms with Crippen LogP contribution in [-0.2, 0) is 23.2 Å². The van der Waals surface area contributed by atoms with Crippen molar-refractivity contribution in [2.45, 2.75) is 38.0 Å². The van der Waals surface area contributed by atoms with E-state index < -0.39 is 11.6 Å². The Morgan fingerprint density at radius 1 is 1.15 bits per heavy atom. The first-order valence-electron chi connectivity index (χ1n) is 11.6. The number of β-amino-alcohol motifs (C(OH)–C–C–N with tert-alkyl or cyclic N) is 1. The Bertz CT molecular complexity index is 1200. The fourth-order valence-corrected chi connectivity index (χ4v) is 5.27. The van der Waals surface area contributed by atoms with Gasteiger partial charge in [-0.15, -0.1) is 0 Å². The third kappa shape index (κ3) is 3.81. The van der Waals surface area contributed by atoms with Crippen molar-refractivity contribution in [2.24, 2.45) is 7.05 Å². The van der Waals surface area contributed by atoms with E-state index in [0.29, 0.717) is 56.9 Å². The summed E-state index contributed by atoms with van der Waals surface area (Å²) in [6.45, 7) is 5.08. The van der Waals surface area contributed by atoms with Gasteiger partial charge in [-0.2, -0.15) is 5.10 Å². The Labute approximate surface area is 197 Å². The molecule has 1 spiro atoms. The van der Waals surface area contributed by atoms with E-state index >= 15 is 0 Å². The van der Waals surface area contributed by atoms with Crippen LogP contribution < -0.4 is 15.8 Å². The van der Waals surface area contributed by atoms with Crippen molar-refractivity contribution >= 4 is 17.7 Å². The number of aliphatic hydroxyl groups is 1. The summed E-state index contributed by atoms with van der Waals surface area (Å²) in [6, 6.07) is 6.56. The molecule has 1 atom stereocenters. The van der Waals surface area contributed by atoms with Gasteiger partial charge in [-0.25, -0.2) is 9.48 Å². The first-order valence-corrected chi connectivity index (χ1v) is 11.6. The lowest BCUT2D eigenvalue weighted by molar-refractivity contribution is -0.128. The smallest absolute Gasteiger partial charge is 0.338 e. The van der Waals surface area contributed by atoms with Gasteiger partial charge < -0.3 is 20.1 Å². The quantitative estimate of drug-likeness (QED) is 0.616. The summed E-state index contributed by atoms with van der Waals surface area (Å²) in [5.41, 5.74) is 2.24. The number of piperidine rings is 1. The highest BCUT2D eigenvalue weighted by Gasteiger charge is 2.46. The van der Waals surface area contributed by atoms with E-state index in [1.807, 2.05) is 6.92 Å². The fourth-order valence-electron chi connectivity index (χ4n) is 5.27. The minimum Gasteiger partial charge on any atom is -0.457 e. The molecule has 2 N–H and O–H groups in total. The number of fused-ring (bicyclic) bond motifs is 1. The second-order valence-electron chi connectivity index (χ2n) is 9.32. The number of carbonyl (C=O) groups excluding carboxylic acids is 2. The van der Waals surface area contributed by atoms with Crippen molar-refractivity contribution in [1.29, 1.82) is 0 Å². The van der Waals surface area contributed by atoms with Crippen LogP contribution in [0.15, 0.2) is 29.1 Å². The molecule has 2 fully saturated rings. The number of aliphatic hydroxyl groups excluding tert-OH is 1. The molecule has 3 aliphatic heterocycles. The lowest BCUT2D eigenvalue weighted by Gasteiger charge is -2.46. The number of amides is 1. The molecule has 1 amide bonds. The average molecular weight is 468 g/mol. The molecule has 10 nitrogen and oxygen atoms in total. The molecule has 5 rings (SSSR count). The maximum atomic E-state index is 13.5. The zero-order valence-corrected chi connectivity index (χ0v) is 19.4. The van der Waals surface area contributed by atoms with Crippen LogP contribution in [0.4, 0.5) is 5.82 Å². The van der Waals surface area contributed by atoms with Crippen LogP contribution in [-0.4, -0.2) is 69.9 Å². The van der Waals surface area contributed by atoms with Gasteiger partial charge in [0.25, 0.3) is 5.56 Å². The van der Waals surface area contributed by atoms with E-state index in [9.17, 15) is 19.5 Å². The van der Waals surface area contributed by atoms with E-state index in [1.54, 1.807) is 30.1 Å². The maximum absolute atomic E-state index is 13.5. The molecule has 180 valence electrons. The highest BCUT2D eigenvalue weighted by molar-refractivity contribution is 6.00. The number of aryl methyl sites for hydroxylation is 1. The van der Waals surface area contributed by atoms with Gasteiger partial charge in [-0.05, 0) is 43.0 Å². The summed E-state index contributed by atoms with van der Waals surface area (Å²) < 4.78 is 6.36. The molecule has 1 aromatic carbocycles. The number of aromatic nitrogens is 2.